The van der Waals surface area contributed by atoms with Crippen molar-refractivity contribution in [1.29, 1.82) is 0 Å². The molecule has 1 saturated heterocycles. The van der Waals surface area contributed by atoms with E-state index in [4.69, 9.17) is 4.74 Å². The molecule has 1 N–H and O–H groups in total. The summed E-state index contributed by atoms with van der Waals surface area (Å²) in [6, 6.07) is 1.55. The minimum Gasteiger partial charge on any atom is -0.377 e. The van der Waals surface area contributed by atoms with Gasteiger partial charge in [0.1, 0.15) is 0 Å². The average molecular weight is 254 g/mol. The molecule has 1 heterocycles. The fourth-order valence-corrected chi connectivity index (χ4v) is 2.96. The minimum atomic E-state index is 0.0821. The zero-order valence-electron chi connectivity index (χ0n) is 12.4. The topological polar surface area (TPSA) is 24.5 Å². The molecular formula is C15H30N2O. The van der Waals surface area contributed by atoms with E-state index >= 15 is 0 Å². The van der Waals surface area contributed by atoms with Crippen molar-refractivity contribution in [2.24, 2.45) is 0 Å². The van der Waals surface area contributed by atoms with E-state index in [0.29, 0.717) is 6.04 Å². The van der Waals surface area contributed by atoms with Crippen molar-refractivity contribution < 1.29 is 4.74 Å². The summed E-state index contributed by atoms with van der Waals surface area (Å²) in [5.41, 5.74) is 0.0821. The van der Waals surface area contributed by atoms with Crippen molar-refractivity contribution in [2.75, 3.05) is 26.7 Å². The van der Waals surface area contributed by atoms with Gasteiger partial charge in [0.15, 0.2) is 0 Å². The first-order valence-electron chi connectivity index (χ1n) is 7.65. The Kier molecular flexibility index (Phi) is 5.05. The summed E-state index contributed by atoms with van der Waals surface area (Å²) in [4.78, 5) is 2.62. The van der Waals surface area contributed by atoms with Crippen molar-refractivity contribution in [3.8, 4) is 0 Å². The number of nitrogens with one attached hydrogen (secondary N) is 1. The molecule has 2 unspecified atom stereocenters. The zero-order valence-corrected chi connectivity index (χ0v) is 12.4. The van der Waals surface area contributed by atoms with Gasteiger partial charge in [-0.15, -0.1) is 0 Å². The monoisotopic (exact) mass is 254 g/mol. The second-order valence-corrected chi connectivity index (χ2v) is 6.45. The summed E-state index contributed by atoms with van der Waals surface area (Å²) in [5.74, 6) is 0. The van der Waals surface area contributed by atoms with Crippen molar-refractivity contribution in [2.45, 2.75) is 70.1 Å². The molecule has 3 nitrogen and oxygen atoms in total. The van der Waals surface area contributed by atoms with Crippen LogP contribution in [0.2, 0.25) is 0 Å². The molecule has 2 aliphatic rings. The van der Waals surface area contributed by atoms with Crippen LogP contribution in [0.1, 0.15) is 52.4 Å². The lowest BCUT2D eigenvalue weighted by atomic mass is 9.93. The van der Waals surface area contributed by atoms with E-state index in [9.17, 15) is 0 Å². The first-order chi connectivity index (χ1) is 8.63. The number of likely N-dealkylation sites (tertiary alicyclic amines) is 1. The summed E-state index contributed by atoms with van der Waals surface area (Å²) >= 11 is 0. The molecule has 0 radical (unpaired) electrons. The lowest BCUT2D eigenvalue weighted by Crippen LogP contribution is -2.50. The van der Waals surface area contributed by atoms with Gasteiger partial charge in [-0.1, -0.05) is 0 Å². The third-order valence-electron chi connectivity index (χ3n) is 4.61. The maximum absolute atomic E-state index is 5.67. The third kappa shape index (κ3) is 4.22. The highest BCUT2D eigenvalue weighted by Gasteiger charge is 2.32. The van der Waals surface area contributed by atoms with E-state index < -0.39 is 0 Å². The maximum atomic E-state index is 5.67. The predicted octanol–water partition coefficient (Wildman–Crippen LogP) is 2.41. The molecule has 0 aromatic carbocycles. The van der Waals surface area contributed by atoms with Crippen LogP contribution in [-0.2, 0) is 4.74 Å². The second kappa shape index (κ2) is 6.36. The van der Waals surface area contributed by atoms with E-state index in [1.165, 1.54) is 51.6 Å². The van der Waals surface area contributed by atoms with E-state index in [2.05, 4.69) is 24.1 Å². The Balaban J connectivity index is 1.65. The molecular weight excluding hydrogens is 224 g/mol. The smallest absolute Gasteiger partial charge is 0.0777 e. The van der Waals surface area contributed by atoms with Crippen molar-refractivity contribution in [3.63, 3.8) is 0 Å². The summed E-state index contributed by atoms with van der Waals surface area (Å²) in [7, 11) is 1.85. The molecule has 2 fully saturated rings. The number of hydrogen-bond acceptors (Lipinski definition) is 3. The van der Waals surface area contributed by atoms with Crippen LogP contribution in [0, 0.1) is 0 Å². The first kappa shape index (κ1) is 14.3. The summed E-state index contributed by atoms with van der Waals surface area (Å²) in [6.07, 6.45) is 7.88. The SMILES string of the molecule is COC1(C)CCCN(C(C)CCCNC2CC2)C1. The van der Waals surface area contributed by atoms with Gasteiger partial charge in [-0.2, -0.15) is 0 Å². The lowest BCUT2D eigenvalue weighted by molar-refractivity contribution is -0.0603. The molecule has 1 saturated carbocycles. The molecule has 1 aliphatic heterocycles. The van der Waals surface area contributed by atoms with Gasteiger partial charge in [-0.3, -0.25) is 4.90 Å². The van der Waals surface area contributed by atoms with Crippen molar-refractivity contribution in [1.82, 2.24) is 10.2 Å². The Labute approximate surface area is 112 Å². The van der Waals surface area contributed by atoms with Crippen LogP contribution in [0.4, 0.5) is 0 Å². The lowest BCUT2D eigenvalue weighted by Gasteiger charge is -2.42. The van der Waals surface area contributed by atoms with E-state index in [0.717, 1.165) is 12.6 Å². The molecule has 1 aliphatic carbocycles. The molecule has 18 heavy (non-hydrogen) atoms. The van der Waals surface area contributed by atoms with Crippen LogP contribution in [0.5, 0.6) is 0 Å². The number of nitrogens with zero attached hydrogens (tertiary/aromatic N) is 1. The van der Waals surface area contributed by atoms with Crippen molar-refractivity contribution in [3.05, 3.63) is 0 Å². The van der Waals surface area contributed by atoms with Gasteiger partial charge < -0.3 is 10.1 Å². The Hall–Kier alpha value is -0.120. The second-order valence-electron chi connectivity index (χ2n) is 6.45. The van der Waals surface area contributed by atoms with Gasteiger partial charge >= 0.3 is 0 Å². The maximum Gasteiger partial charge on any atom is 0.0777 e. The largest absolute Gasteiger partial charge is 0.377 e. The van der Waals surface area contributed by atoms with E-state index in [1.54, 1.807) is 0 Å². The summed E-state index contributed by atoms with van der Waals surface area (Å²) < 4.78 is 5.67. The molecule has 0 bridgehead atoms. The Morgan fingerprint density at radius 1 is 1.44 bits per heavy atom. The summed E-state index contributed by atoms with van der Waals surface area (Å²) in [5, 5.41) is 3.60. The normalized spacial score (nSPS) is 31.5. The fraction of sp³-hybridized carbons (Fsp3) is 1.00. The average Bonchev–Trinajstić information content (AvgIpc) is 3.18. The first-order valence-corrected chi connectivity index (χ1v) is 7.65. The molecule has 106 valence electrons. The van der Waals surface area contributed by atoms with Gasteiger partial charge in [0.05, 0.1) is 5.60 Å². The number of hydrogen-bond donors (Lipinski definition) is 1. The molecule has 0 aromatic heterocycles. The van der Waals surface area contributed by atoms with Crippen LogP contribution in [0.15, 0.2) is 0 Å². The number of methoxy groups -OCH3 is 1. The molecule has 0 amide bonds. The number of piperidine rings is 1. The Morgan fingerprint density at radius 2 is 2.22 bits per heavy atom. The van der Waals surface area contributed by atoms with Crippen LogP contribution in [-0.4, -0.2) is 49.3 Å². The Bertz CT molecular complexity index is 255. The van der Waals surface area contributed by atoms with Crippen LogP contribution >= 0.6 is 0 Å². The van der Waals surface area contributed by atoms with Gasteiger partial charge in [0.25, 0.3) is 0 Å². The number of ether oxygens (including phenoxy) is 1. The predicted molar refractivity (Wildman–Crippen MR) is 75.9 cm³/mol. The van der Waals surface area contributed by atoms with Gasteiger partial charge in [0, 0.05) is 25.7 Å². The fourth-order valence-electron chi connectivity index (χ4n) is 2.96. The van der Waals surface area contributed by atoms with Crippen molar-refractivity contribution >= 4 is 0 Å². The minimum absolute atomic E-state index is 0.0821. The van der Waals surface area contributed by atoms with E-state index in [-0.39, 0.29) is 5.60 Å². The van der Waals surface area contributed by atoms with Gasteiger partial charge in [-0.05, 0) is 65.5 Å². The number of rotatable bonds is 7. The standard InChI is InChI=1S/C15H30N2O/c1-13(6-4-10-16-14-7-8-14)17-11-5-9-15(2,12-17)18-3/h13-14,16H,4-12H2,1-3H3. The zero-order chi connectivity index (χ0) is 13.0. The summed E-state index contributed by atoms with van der Waals surface area (Å²) in [6.45, 7) is 8.17. The van der Waals surface area contributed by atoms with Gasteiger partial charge in [-0.25, -0.2) is 0 Å². The molecule has 2 rings (SSSR count). The third-order valence-corrected chi connectivity index (χ3v) is 4.61. The highest BCUT2D eigenvalue weighted by molar-refractivity contribution is 4.87. The molecule has 2 atom stereocenters. The molecule has 0 spiro atoms. The van der Waals surface area contributed by atoms with Crippen LogP contribution in [0.25, 0.3) is 0 Å². The van der Waals surface area contributed by atoms with E-state index in [1.807, 2.05) is 7.11 Å². The molecule has 0 aromatic rings. The van der Waals surface area contributed by atoms with Crippen LogP contribution in [0.3, 0.4) is 0 Å². The molecule has 3 heteroatoms. The highest BCUT2D eigenvalue weighted by Crippen LogP contribution is 2.26. The quantitative estimate of drug-likeness (QED) is 0.706. The highest BCUT2D eigenvalue weighted by atomic mass is 16.5. The Morgan fingerprint density at radius 3 is 2.89 bits per heavy atom. The van der Waals surface area contributed by atoms with Gasteiger partial charge in [0.2, 0.25) is 0 Å². The van der Waals surface area contributed by atoms with Crippen LogP contribution < -0.4 is 5.32 Å².